The van der Waals surface area contributed by atoms with Crippen LogP contribution in [0.25, 0.3) is 0 Å². The number of rotatable bonds is 8. The van der Waals surface area contributed by atoms with Gasteiger partial charge in [-0.05, 0) is 43.3 Å². The molecule has 1 amide bonds. The first-order valence-corrected chi connectivity index (χ1v) is 9.03. The van der Waals surface area contributed by atoms with Crippen LogP contribution in [0.3, 0.4) is 0 Å². The molecule has 0 saturated carbocycles. The van der Waals surface area contributed by atoms with Crippen molar-refractivity contribution in [2.24, 2.45) is 0 Å². The van der Waals surface area contributed by atoms with Gasteiger partial charge in [0.25, 0.3) is 5.91 Å². The van der Waals surface area contributed by atoms with Crippen molar-refractivity contribution in [2.45, 2.75) is 23.7 Å². The van der Waals surface area contributed by atoms with Crippen molar-refractivity contribution >= 4 is 40.9 Å². The second kappa shape index (κ2) is 10.1. The molecule has 5 nitrogen and oxygen atoms in total. The van der Waals surface area contributed by atoms with E-state index in [1.807, 2.05) is 0 Å². The molecule has 0 saturated heterocycles. The zero-order chi connectivity index (χ0) is 19.8. The normalized spacial score (nSPS) is 11.7. The van der Waals surface area contributed by atoms with Crippen molar-refractivity contribution in [3.63, 3.8) is 0 Å². The van der Waals surface area contributed by atoms with E-state index in [0.717, 1.165) is 4.90 Å². The van der Waals surface area contributed by atoms with Crippen molar-refractivity contribution in [3.8, 4) is 5.75 Å². The molecule has 0 unspecified atom stereocenters. The standard InChI is InChI=1S/C18H16ClF2NO4S/c1-11(27-13-8-6-12(19)7-9-13)17(24)25-10-16(23)22-14-4-2-3-5-15(14)26-18(20)21/h2-9,11,18H,10H2,1H3,(H,22,23)/t11-/m0/s1. The molecular formula is C18H16ClF2NO4S. The molecule has 1 N–H and O–H groups in total. The Balaban J connectivity index is 1.84. The first kappa shape index (κ1) is 21.0. The molecule has 1 atom stereocenters. The maximum absolute atomic E-state index is 12.4. The number of thioether (sulfide) groups is 1. The van der Waals surface area contributed by atoms with Gasteiger partial charge in [0.15, 0.2) is 6.61 Å². The van der Waals surface area contributed by atoms with E-state index in [4.69, 9.17) is 16.3 Å². The molecule has 2 aromatic carbocycles. The number of hydrogen-bond donors (Lipinski definition) is 1. The van der Waals surface area contributed by atoms with E-state index in [1.165, 1.54) is 30.0 Å². The number of para-hydroxylation sites is 2. The lowest BCUT2D eigenvalue weighted by atomic mass is 10.3. The van der Waals surface area contributed by atoms with Gasteiger partial charge in [0.2, 0.25) is 0 Å². The summed E-state index contributed by atoms with van der Waals surface area (Å²) < 4.78 is 34.0. The van der Waals surface area contributed by atoms with E-state index in [9.17, 15) is 18.4 Å². The molecule has 27 heavy (non-hydrogen) atoms. The Morgan fingerprint density at radius 2 is 1.81 bits per heavy atom. The number of alkyl halides is 2. The summed E-state index contributed by atoms with van der Waals surface area (Å²) in [5.41, 5.74) is 0.0578. The Morgan fingerprint density at radius 3 is 2.48 bits per heavy atom. The topological polar surface area (TPSA) is 64.6 Å². The fraction of sp³-hybridized carbons (Fsp3) is 0.222. The van der Waals surface area contributed by atoms with E-state index in [1.54, 1.807) is 37.3 Å². The molecule has 0 aliphatic carbocycles. The van der Waals surface area contributed by atoms with Crippen molar-refractivity contribution in [2.75, 3.05) is 11.9 Å². The number of anilines is 1. The minimum Gasteiger partial charge on any atom is -0.455 e. The van der Waals surface area contributed by atoms with Gasteiger partial charge < -0.3 is 14.8 Å². The van der Waals surface area contributed by atoms with Crippen molar-refractivity contribution in [3.05, 3.63) is 53.6 Å². The van der Waals surface area contributed by atoms with Crippen LogP contribution in [0.4, 0.5) is 14.5 Å². The average molecular weight is 416 g/mol. The number of carbonyl (C=O) groups excluding carboxylic acids is 2. The Bertz CT molecular complexity index is 789. The Labute approximate surface area is 164 Å². The quantitative estimate of drug-likeness (QED) is 0.504. The molecule has 0 aliphatic heterocycles. The van der Waals surface area contributed by atoms with Crippen LogP contribution in [0.5, 0.6) is 5.75 Å². The van der Waals surface area contributed by atoms with Gasteiger partial charge in [-0.1, -0.05) is 23.7 Å². The molecule has 0 fully saturated rings. The summed E-state index contributed by atoms with van der Waals surface area (Å²) in [5, 5.41) is 2.41. The Morgan fingerprint density at radius 1 is 1.15 bits per heavy atom. The number of hydrogen-bond acceptors (Lipinski definition) is 5. The largest absolute Gasteiger partial charge is 0.455 e. The van der Waals surface area contributed by atoms with Gasteiger partial charge >= 0.3 is 12.6 Å². The molecule has 0 spiro atoms. The summed E-state index contributed by atoms with van der Waals surface area (Å²) in [5.74, 6) is -1.43. The molecule has 0 bridgehead atoms. The molecule has 0 radical (unpaired) electrons. The number of ether oxygens (including phenoxy) is 2. The van der Waals surface area contributed by atoms with Crippen LogP contribution in [0.1, 0.15) is 6.92 Å². The summed E-state index contributed by atoms with van der Waals surface area (Å²) in [6.45, 7) is -1.93. The number of nitrogens with one attached hydrogen (secondary N) is 1. The molecular weight excluding hydrogens is 400 g/mol. The maximum Gasteiger partial charge on any atom is 0.387 e. The lowest BCUT2D eigenvalue weighted by Gasteiger charge is -2.13. The van der Waals surface area contributed by atoms with Gasteiger partial charge in [-0.3, -0.25) is 9.59 Å². The summed E-state index contributed by atoms with van der Waals surface area (Å²) in [7, 11) is 0. The molecule has 2 aromatic rings. The van der Waals surface area contributed by atoms with E-state index in [2.05, 4.69) is 10.1 Å². The van der Waals surface area contributed by atoms with Crippen molar-refractivity contribution in [1.82, 2.24) is 0 Å². The number of halogens is 3. The van der Waals surface area contributed by atoms with Gasteiger partial charge in [0.05, 0.1) is 5.69 Å². The Hall–Kier alpha value is -2.32. The third-order valence-electron chi connectivity index (χ3n) is 3.18. The average Bonchev–Trinajstić information content (AvgIpc) is 2.62. The summed E-state index contributed by atoms with van der Waals surface area (Å²) >= 11 is 7.06. The molecule has 9 heteroatoms. The van der Waals surface area contributed by atoms with E-state index in [-0.39, 0.29) is 11.4 Å². The number of esters is 1. The van der Waals surface area contributed by atoms with E-state index >= 15 is 0 Å². The monoisotopic (exact) mass is 415 g/mol. The summed E-state index contributed by atoms with van der Waals surface area (Å²) in [6, 6.07) is 12.7. The summed E-state index contributed by atoms with van der Waals surface area (Å²) in [6.07, 6.45) is 0. The highest BCUT2D eigenvalue weighted by Gasteiger charge is 2.18. The smallest absolute Gasteiger partial charge is 0.387 e. The van der Waals surface area contributed by atoms with Crippen LogP contribution in [0, 0.1) is 0 Å². The highest BCUT2D eigenvalue weighted by molar-refractivity contribution is 8.00. The second-order valence-electron chi connectivity index (χ2n) is 5.24. The van der Waals surface area contributed by atoms with Crippen LogP contribution in [-0.2, 0) is 14.3 Å². The molecule has 0 aromatic heterocycles. The van der Waals surface area contributed by atoms with Gasteiger partial charge in [0.1, 0.15) is 11.0 Å². The van der Waals surface area contributed by atoms with Crippen LogP contribution in [0.15, 0.2) is 53.4 Å². The fourth-order valence-corrected chi connectivity index (χ4v) is 2.97. The van der Waals surface area contributed by atoms with Crippen LogP contribution >= 0.6 is 23.4 Å². The van der Waals surface area contributed by atoms with Gasteiger partial charge in [0, 0.05) is 9.92 Å². The third-order valence-corrected chi connectivity index (χ3v) is 4.52. The van der Waals surface area contributed by atoms with Crippen molar-refractivity contribution in [1.29, 1.82) is 0 Å². The molecule has 144 valence electrons. The van der Waals surface area contributed by atoms with Crippen LogP contribution in [-0.4, -0.2) is 30.3 Å². The predicted molar refractivity (Wildman–Crippen MR) is 99.4 cm³/mol. The minimum atomic E-state index is -3.02. The SMILES string of the molecule is C[C@H](Sc1ccc(Cl)cc1)C(=O)OCC(=O)Nc1ccccc1OC(F)F. The number of carbonyl (C=O) groups is 2. The van der Waals surface area contributed by atoms with E-state index in [0.29, 0.717) is 5.02 Å². The fourth-order valence-electron chi connectivity index (χ4n) is 1.97. The lowest BCUT2D eigenvalue weighted by Crippen LogP contribution is -2.25. The number of benzene rings is 2. The first-order chi connectivity index (χ1) is 12.8. The number of amides is 1. The van der Waals surface area contributed by atoms with Crippen LogP contribution < -0.4 is 10.1 Å². The van der Waals surface area contributed by atoms with Gasteiger partial charge in [-0.2, -0.15) is 8.78 Å². The van der Waals surface area contributed by atoms with E-state index < -0.39 is 30.3 Å². The lowest BCUT2D eigenvalue weighted by molar-refractivity contribution is -0.146. The predicted octanol–water partition coefficient (Wildman–Crippen LogP) is 4.60. The van der Waals surface area contributed by atoms with Gasteiger partial charge in [-0.25, -0.2) is 0 Å². The molecule has 0 heterocycles. The Kier molecular flexibility index (Phi) is 7.87. The highest BCUT2D eigenvalue weighted by atomic mass is 35.5. The first-order valence-electron chi connectivity index (χ1n) is 7.77. The van der Waals surface area contributed by atoms with Crippen LogP contribution in [0.2, 0.25) is 5.02 Å². The molecule has 0 aliphatic rings. The highest BCUT2D eigenvalue weighted by Crippen LogP contribution is 2.26. The second-order valence-corrected chi connectivity index (χ2v) is 7.10. The minimum absolute atomic E-state index is 0.0578. The zero-order valence-electron chi connectivity index (χ0n) is 14.2. The van der Waals surface area contributed by atoms with Crippen molar-refractivity contribution < 1.29 is 27.8 Å². The van der Waals surface area contributed by atoms with Gasteiger partial charge in [-0.15, -0.1) is 11.8 Å². The third kappa shape index (κ3) is 7.07. The summed E-state index contributed by atoms with van der Waals surface area (Å²) in [4.78, 5) is 24.8. The maximum atomic E-state index is 12.4. The molecule has 2 rings (SSSR count). The zero-order valence-corrected chi connectivity index (χ0v) is 15.7.